The Hall–Kier alpha value is -1.40. The Morgan fingerprint density at radius 1 is 1.11 bits per heavy atom. The fraction of sp³-hybridized carbons (Fsp3) is 0.462. The van der Waals surface area contributed by atoms with Crippen molar-refractivity contribution in [1.29, 1.82) is 0 Å². The summed E-state index contributed by atoms with van der Waals surface area (Å²) in [7, 11) is -3.67. The van der Waals surface area contributed by atoms with Crippen molar-refractivity contribution in [3.63, 3.8) is 0 Å². The standard InChI is InChI=1S/C13H20N2O3S/c1-9(2)14-13(16)11(4)15-19(17,18)12-7-5-10(3)6-8-12/h5-9,11,15H,1-4H3,(H,14,16)/t11-/m0/s1. The van der Waals surface area contributed by atoms with Gasteiger partial charge in [-0.25, -0.2) is 8.42 Å². The van der Waals surface area contributed by atoms with E-state index in [1.807, 2.05) is 20.8 Å². The molecule has 0 saturated heterocycles. The van der Waals surface area contributed by atoms with Crippen LogP contribution in [-0.4, -0.2) is 26.4 Å². The van der Waals surface area contributed by atoms with Crippen molar-refractivity contribution in [2.75, 3.05) is 0 Å². The molecule has 6 heteroatoms. The number of carbonyl (C=O) groups is 1. The highest BCUT2D eigenvalue weighted by molar-refractivity contribution is 7.89. The lowest BCUT2D eigenvalue weighted by atomic mass is 10.2. The molecule has 1 aromatic carbocycles. The Morgan fingerprint density at radius 2 is 1.63 bits per heavy atom. The molecule has 1 atom stereocenters. The van der Waals surface area contributed by atoms with Gasteiger partial charge < -0.3 is 5.32 Å². The number of nitrogens with one attached hydrogen (secondary N) is 2. The van der Waals surface area contributed by atoms with E-state index in [0.29, 0.717) is 0 Å². The van der Waals surface area contributed by atoms with Crippen LogP contribution < -0.4 is 10.0 Å². The lowest BCUT2D eigenvalue weighted by Crippen LogP contribution is -2.46. The van der Waals surface area contributed by atoms with Gasteiger partial charge in [-0.3, -0.25) is 4.79 Å². The molecule has 19 heavy (non-hydrogen) atoms. The van der Waals surface area contributed by atoms with Crippen LogP contribution in [0.15, 0.2) is 29.2 Å². The summed E-state index contributed by atoms with van der Waals surface area (Å²) >= 11 is 0. The summed E-state index contributed by atoms with van der Waals surface area (Å²) in [4.78, 5) is 11.8. The number of hydrogen-bond acceptors (Lipinski definition) is 3. The molecule has 1 rings (SSSR count). The lowest BCUT2D eigenvalue weighted by Gasteiger charge is -2.16. The van der Waals surface area contributed by atoms with Crippen molar-refractivity contribution < 1.29 is 13.2 Å². The minimum atomic E-state index is -3.67. The third-order valence-corrected chi connectivity index (χ3v) is 4.04. The molecule has 2 N–H and O–H groups in total. The van der Waals surface area contributed by atoms with E-state index in [1.165, 1.54) is 19.1 Å². The third-order valence-electron chi connectivity index (χ3n) is 2.49. The molecule has 5 nitrogen and oxygen atoms in total. The van der Waals surface area contributed by atoms with Crippen molar-refractivity contribution in [2.24, 2.45) is 0 Å². The van der Waals surface area contributed by atoms with Gasteiger partial charge in [-0.2, -0.15) is 4.72 Å². The molecule has 0 aliphatic rings. The molecular formula is C13H20N2O3S. The molecule has 1 aromatic rings. The fourth-order valence-electron chi connectivity index (χ4n) is 1.48. The molecule has 0 bridgehead atoms. The van der Waals surface area contributed by atoms with Crippen molar-refractivity contribution in [1.82, 2.24) is 10.0 Å². The predicted molar refractivity (Wildman–Crippen MR) is 74.2 cm³/mol. The first kappa shape index (κ1) is 15.7. The summed E-state index contributed by atoms with van der Waals surface area (Å²) < 4.78 is 26.5. The van der Waals surface area contributed by atoms with Crippen LogP contribution in [0, 0.1) is 6.92 Å². The highest BCUT2D eigenvalue weighted by Gasteiger charge is 2.22. The first-order chi connectivity index (χ1) is 8.72. The molecule has 0 unspecified atom stereocenters. The second-order valence-corrected chi connectivity index (χ2v) is 6.53. The van der Waals surface area contributed by atoms with E-state index in [4.69, 9.17) is 0 Å². The van der Waals surface area contributed by atoms with E-state index >= 15 is 0 Å². The largest absolute Gasteiger partial charge is 0.353 e. The Kier molecular flexibility index (Phi) is 5.08. The summed E-state index contributed by atoms with van der Waals surface area (Å²) in [5.74, 6) is -0.342. The van der Waals surface area contributed by atoms with Crippen LogP contribution in [0.2, 0.25) is 0 Å². The van der Waals surface area contributed by atoms with Crippen LogP contribution in [0.25, 0.3) is 0 Å². The van der Waals surface area contributed by atoms with Crippen LogP contribution in [0.4, 0.5) is 0 Å². The zero-order chi connectivity index (χ0) is 14.6. The molecule has 0 saturated carbocycles. The summed E-state index contributed by atoms with van der Waals surface area (Å²) in [6.45, 7) is 7.03. The van der Waals surface area contributed by atoms with E-state index in [2.05, 4.69) is 10.0 Å². The van der Waals surface area contributed by atoms with Gasteiger partial charge in [0, 0.05) is 6.04 Å². The maximum atomic E-state index is 12.1. The second-order valence-electron chi connectivity index (χ2n) is 4.82. The van der Waals surface area contributed by atoms with E-state index in [1.54, 1.807) is 12.1 Å². The first-order valence-corrected chi connectivity index (χ1v) is 7.60. The lowest BCUT2D eigenvalue weighted by molar-refractivity contribution is -0.122. The monoisotopic (exact) mass is 284 g/mol. The summed E-state index contributed by atoms with van der Waals surface area (Å²) in [6.07, 6.45) is 0. The number of carbonyl (C=O) groups excluding carboxylic acids is 1. The van der Waals surface area contributed by atoms with Crippen molar-refractivity contribution in [3.8, 4) is 0 Å². The van der Waals surface area contributed by atoms with Crippen molar-refractivity contribution in [3.05, 3.63) is 29.8 Å². The van der Waals surface area contributed by atoms with Crippen LogP contribution in [0.1, 0.15) is 26.3 Å². The molecule has 1 amide bonds. The Morgan fingerprint density at radius 3 is 2.11 bits per heavy atom. The van der Waals surface area contributed by atoms with Gasteiger partial charge >= 0.3 is 0 Å². The average Bonchev–Trinajstić information content (AvgIpc) is 2.27. The molecular weight excluding hydrogens is 264 g/mol. The molecule has 0 spiro atoms. The van der Waals surface area contributed by atoms with Crippen LogP contribution >= 0.6 is 0 Å². The number of benzene rings is 1. The Balaban J connectivity index is 2.80. The van der Waals surface area contributed by atoms with E-state index in [-0.39, 0.29) is 16.8 Å². The van der Waals surface area contributed by atoms with Gasteiger partial charge in [0.05, 0.1) is 10.9 Å². The predicted octanol–water partition coefficient (Wildman–Crippen LogP) is 1.19. The van der Waals surface area contributed by atoms with Gasteiger partial charge in [-0.05, 0) is 39.8 Å². The summed E-state index contributed by atoms with van der Waals surface area (Å²) in [5, 5.41) is 2.66. The molecule has 0 aromatic heterocycles. The normalized spacial score (nSPS) is 13.3. The molecule has 0 fully saturated rings. The number of hydrogen-bond donors (Lipinski definition) is 2. The number of amides is 1. The molecule has 0 radical (unpaired) electrons. The van der Waals surface area contributed by atoms with Crippen LogP contribution in [0.3, 0.4) is 0 Å². The van der Waals surface area contributed by atoms with Gasteiger partial charge in [0.15, 0.2) is 0 Å². The number of aryl methyl sites for hydroxylation is 1. The fourth-order valence-corrected chi connectivity index (χ4v) is 2.68. The zero-order valence-corrected chi connectivity index (χ0v) is 12.4. The smallest absolute Gasteiger partial charge is 0.241 e. The minimum Gasteiger partial charge on any atom is -0.353 e. The summed E-state index contributed by atoms with van der Waals surface area (Å²) in [6, 6.07) is 5.63. The highest BCUT2D eigenvalue weighted by Crippen LogP contribution is 2.10. The molecule has 0 heterocycles. The van der Waals surface area contributed by atoms with Gasteiger partial charge in [-0.1, -0.05) is 17.7 Å². The average molecular weight is 284 g/mol. The molecule has 0 aliphatic carbocycles. The van der Waals surface area contributed by atoms with Gasteiger partial charge in [0.1, 0.15) is 0 Å². The zero-order valence-electron chi connectivity index (χ0n) is 11.6. The Bertz CT molecular complexity index is 536. The van der Waals surface area contributed by atoms with Gasteiger partial charge in [0.2, 0.25) is 15.9 Å². The topological polar surface area (TPSA) is 75.3 Å². The number of sulfonamides is 1. The maximum Gasteiger partial charge on any atom is 0.241 e. The highest BCUT2D eigenvalue weighted by atomic mass is 32.2. The number of rotatable bonds is 5. The first-order valence-electron chi connectivity index (χ1n) is 6.12. The Labute approximate surface area is 114 Å². The van der Waals surface area contributed by atoms with E-state index < -0.39 is 16.1 Å². The maximum absolute atomic E-state index is 12.1. The van der Waals surface area contributed by atoms with Crippen molar-refractivity contribution in [2.45, 2.75) is 44.7 Å². The molecule has 0 aliphatic heterocycles. The SMILES string of the molecule is Cc1ccc(S(=O)(=O)N[C@@H](C)C(=O)NC(C)C)cc1. The van der Waals surface area contributed by atoms with Gasteiger partial charge in [0.25, 0.3) is 0 Å². The van der Waals surface area contributed by atoms with Crippen LogP contribution in [-0.2, 0) is 14.8 Å². The van der Waals surface area contributed by atoms with E-state index in [0.717, 1.165) is 5.56 Å². The van der Waals surface area contributed by atoms with Crippen molar-refractivity contribution >= 4 is 15.9 Å². The van der Waals surface area contributed by atoms with Gasteiger partial charge in [-0.15, -0.1) is 0 Å². The van der Waals surface area contributed by atoms with Crippen LogP contribution in [0.5, 0.6) is 0 Å². The minimum absolute atomic E-state index is 0.0289. The second kappa shape index (κ2) is 6.16. The van der Waals surface area contributed by atoms with E-state index in [9.17, 15) is 13.2 Å². The summed E-state index contributed by atoms with van der Waals surface area (Å²) in [5.41, 5.74) is 0.976. The quantitative estimate of drug-likeness (QED) is 0.852. The third kappa shape index (κ3) is 4.65. The molecule has 106 valence electrons.